The molecule has 6 nitrogen and oxygen atoms in total. The number of benzene rings is 2. The fourth-order valence-electron chi connectivity index (χ4n) is 5.00. The number of imide groups is 1. The minimum atomic E-state index is -0.335. The van der Waals surface area contributed by atoms with Gasteiger partial charge < -0.3 is 10.1 Å². The number of nitrogens with zero attached hydrogens (tertiary/aromatic N) is 1. The second kappa shape index (κ2) is 11.5. The van der Waals surface area contributed by atoms with Crippen molar-refractivity contribution in [2.45, 2.75) is 63.8 Å². The zero-order valence-corrected chi connectivity index (χ0v) is 21.2. The molecule has 196 valence electrons. The van der Waals surface area contributed by atoms with Gasteiger partial charge in [-0.3, -0.25) is 19.3 Å². The van der Waals surface area contributed by atoms with Gasteiger partial charge in [-0.2, -0.15) is 0 Å². The number of hydrogen-bond acceptors (Lipinski definition) is 5. The summed E-state index contributed by atoms with van der Waals surface area (Å²) in [7, 11) is 0. The van der Waals surface area contributed by atoms with Gasteiger partial charge in [-0.15, -0.1) is 0 Å². The van der Waals surface area contributed by atoms with Crippen molar-refractivity contribution >= 4 is 17.6 Å². The summed E-state index contributed by atoms with van der Waals surface area (Å²) in [5.41, 5.74) is 1.95. The number of amides is 2. The van der Waals surface area contributed by atoms with E-state index in [4.69, 9.17) is 4.74 Å². The number of unbranched alkanes of at least 4 members (excludes halogenated alkanes) is 3. The molecule has 2 aromatic carbocycles. The summed E-state index contributed by atoms with van der Waals surface area (Å²) >= 11 is 0. The van der Waals surface area contributed by atoms with Crippen LogP contribution in [0.4, 0.5) is 4.39 Å². The standard InChI is InChI=1S/C30H35FN2O4/c31-26-15-14-22(17-27(26)37-19-20-10-11-20)28(21-12-13-21)32-18-23(34)7-3-1-2-6-16-33-29(35)24-8-4-5-9-25(24)30(33)36/h4-5,8-9,14-15,17,20-21,28,32H,1-3,6-7,10-13,16,18-19H2. The maximum absolute atomic E-state index is 14.2. The van der Waals surface area contributed by atoms with Gasteiger partial charge >= 0.3 is 0 Å². The Hall–Kier alpha value is -3.06. The molecule has 1 atom stereocenters. The van der Waals surface area contributed by atoms with E-state index in [-0.39, 0.29) is 29.5 Å². The summed E-state index contributed by atoms with van der Waals surface area (Å²) in [4.78, 5) is 38.7. The molecule has 2 aromatic rings. The second-order valence-electron chi connectivity index (χ2n) is 10.7. The summed E-state index contributed by atoms with van der Waals surface area (Å²) in [6.45, 7) is 1.28. The lowest BCUT2D eigenvalue weighted by Gasteiger charge is -2.20. The lowest BCUT2D eigenvalue weighted by atomic mass is 10.0. The number of rotatable bonds is 15. The van der Waals surface area contributed by atoms with Gasteiger partial charge in [0.1, 0.15) is 5.78 Å². The number of fused-ring (bicyclic) bond motifs is 1. The van der Waals surface area contributed by atoms with Crippen LogP contribution in [0.15, 0.2) is 42.5 Å². The van der Waals surface area contributed by atoms with E-state index in [2.05, 4.69) is 5.32 Å². The fourth-order valence-corrected chi connectivity index (χ4v) is 5.00. The van der Waals surface area contributed by atoms with Crippen LogP contribution < -0.4 is 10.1 Å². The van der Waals surface area contributed by atoms with Crippen LogP contribution in [0.2, 0.25) is 0 Å². The van der Waals surface area contributed by atoms with Crippen LogP contribution in [-0.4, -0.2) is 42.2 Å². The van der Waals surface area contributed by atoms with Crippen molar-refractivity contribution in [1.29, 1.82) is 0 Å². The first kappa shape index (κ1) is 25.6. The Labute approximate surface area is 217 Å². The number of nitrogens with one attached hydrogen (secondary N) is 1. The molecule has 1 unspecified atom stereocenters. The van der Waals surface area contributed by atoms with Crippen LogP contribution in [0.1, 0.15) is 90.1 Å². The molecule has 0 saturated heterocycles. The second-order valence-corrected chi connectivity index (χ2v) is 10.7. The van der Waals surface area contributed by atoms with Crippen LogP contribution in [0.5, 0.6) is 5.75 Å². The van der Waals surface area contributed by atoms with E-state index in [0.29, 0.717) is 54.8 Å². The number of ketones is 1. The molecule has 1 N–H and O–H groups in total. The van der Waals surface area contributed by atoms with Gasteiger partial charge in [0.2, 0.25) is 0 Å². The van der Waals surface area contributed by atoms with Gasteiger partial charge in [-0.05, 0) is 80.2 Å². The van der Waals surface area contributed by atoms with Gasteiger partial charge in [0.05, 0.1) is 24.3 Å². The molecule has 0 spiro atoms. The predicted molar refractivity (Wildman–Crippen MR) is 138 cm³/mol. The highest BCUT2D eigenvalue weighted by molar-refractivity contribution is 6.21. The Kier molecular flexibility index (Phi) is 7.99. The molecule has 0 bridgehead atoms. The maximum atomic E-state index is 14.2. The highest BCUT2D eigenvalue weighted by Gasteiger charge is 2.35. The quantitative estimate of drug-likeness (QED) is 0.256. The Balaban J connectivity index is 1.01. The number of ether oxygens (including phenoxy) is 1. The average Bonchev–Trinajstić information content (AvgIpc) is 3.83. The Morgan fingerprint density at radius 2 is 1.68 bits per heavy atom. The van der Waals surface area contributed by atoms with Crippen LogP contribution >= 0.6 is 0 Å². The number of halogens is 1. The lowest BCUT2D eigenvalue weighted by Crippen LogP contribution is -2.30. The Morgan fingerprint density at radius 3 is 2.35 bits per heavy atom. The van der Waals surface area contributed by atoms with E-state index in [1.165, 1.54) is 11.0 Å². The molecule has 3 aliphatic rings. The molecule has 2 fully saturated rings. The van der Waals surface area contributed by atoms with Gasteiger partial charge in [0.15, 0.2) is 11.6 Å². The summed E-state index contributed by atoms with van der Waals surface area (Å²) in [5.74, 6) is 0.738. The number of hydrogen-bond donors (Lipinski definition) is 1. The normalized spacial score (nSPS) is 17.7. The highest BCUT2D eigenvalue weighted by atomic mass is 19.1. The summed E-state index contributed by atoms with van der Waals surface area (Å²) in [6.07, 6.45) is 8.27. The molecule has 2 aliphatic carbocycles. The maximum Gasteiger partial charge on any atom is 0.261 e. The third kappa shape index (κ3) is 6.45. The van der Waals surface area contributed by atoms with E-state index in [1.807, 2.05) is 0 Å². The summed E-state index contributed by atoms with van der Waals surface area (Å²) in [5, 5.41) is 3.42. The van der Waals surface area contributed by atoms with E-state index >= 15 is 0 Å². The van der Waals surface area contributed by atoms with E-state index in [9.17, 15) is 18.8 Å². The smallest absolute Gasteiger partial charge is 0.261 e. The van der Waals surface area contributed by atoms with E-state index in [0.717, 1.165) is 56.9 Å². The fraction of sp³-hybridized carbons (Fsp3) is 0.500. The SMILES string of the molecule is O=C(CCCCCCN1C(=O)c2ccccc2C1=O)CNC(c1ccc(F)c(OCC2CC2)c1)C1CC1. The summed E-state index contributed by atoms with van der Waals surface area (Å²) in [6, 6.07) is 12.0. The van der Waals surface area contributed by atoms with Gasteiger partial charge in [-0.1, -0.05) is 31.0 Å². The molecule has 2 amide bonds. The molecule has 2 saturated carbocycles. The number of carbonyl (C=O) groups is 3. The molecule has 37 heavy (non-hydrogen) atoms. The first-order valence-electron chi connectivity index (χ1n) is 13.6. The Bertz CT molecular complexity index is 1120. The van der Waals surface area contributed by atoms with Gasteiger partial charge in [0, 0.05) is 19.0 Å². The first-order chi connectivity index (χ1) is 18.0. The number of Topliss-reactive ketones (excluding diaryl/α,β-unsaturated/α-hetero) is 1. The van der Waals surface area contributed by atoms with Gasteiger partial charge in [-0.25, -0.2) is 4.39 Å². The largest absolute Gasteiger partial charge is 0.490 e. The van der Waals surface area contributed by atoms with Crippen molar-refractivity contribution in [1.82, 2.24) is 10.2 Å². The van der Waals surface area contributed by atoms with Crippen molar-refractivity contribution < 1.29 is 23.5 Å². The van der Waals surface area contributed by atoms with Crippen molar-refractivity contribution in [3.63, 3.8) is 0 Å². The molecule has 1 aliphatic heterocycles. The molecule has 1 heterocycles. The highest BCUT2D eigenvalue weighted by Crippen LogP contribution is 2.42. The number of carbonyl (C=O) groups excluding carboxylic acids is 3. The van der Waals surface area contributed by atoms with Crippen molar-refractivity contribution in [2.24, 2.45) is 11.8 Å². The van der Waals surface area contributed by atoms with Crippen LogP contribution in [0.3, 0.4) is 0 Å². The van der Waals surface area contributed by atoms with Crippen LogP contribution in [-0.2, 0) is 4.79 Å². The van der Waals surface area contributed by atoms with Crippen molar-refractivity contribution in [3.05, 3.63) is 65.0 Å². The average molecular weight is 507 g/mol. The molecular weight excluding hydrogens is 471 g/mol. The van der Waals surface area contributed by atoms with E-state index in [1.54, 1.807) is 36.4 Å². The minimum absolute atomic E-state index is 0.0347. The van der Waals surface area contributed by atoms with Crippen molar-refractivity contribution in [3.8, 4) is 5.75 Å². The third-order valence-corrected chi connectivity index (χ3v) is 7.56. The molecular formula is C30H35FN2O4. The first-order valence-corrected chi connectivity index (χ1v) is 13.6. The zero-order chi connectivity index (χ0) is 25.8. The monoisotopic (exact) mass is 506 g/mol. The van der Waals surface area contributed by atoms with Crippen LogP contribution in [0, 0.1) is 17.7 Å². The van der Waals surface area contributed by atoms with Crippen LogP contribution in [0.25, 0.3) is 0 Å². The minimum Gasteiger partial charge on any atom is -0.490 e. The Morgan fingerprint density at radius 1 is 0.973 bits per heavy atom. The summed E-state index contributed by atoms with van der Waals surface area (Å²) < 4.78 is 19.9. The van der Waals surface area contributed by atoms with Crippen molar-refractivity contribution in [2.75, 3.05) is 19.7 Å². The lowest BCUT2D eigenvalue weighted by molar-refractivity contribution is -0.118. The van der Waals surface area contributed by atoms with E-state index < -0.39 is 0 Å². The third-order valence-electron chi connectivity index (χ3n) is 7.56. The predicted octanol–water partition coefficient (Wildman–Crippen LogP) is 5.47. The topological polar surface area (TPSA) is 75.7 Å². The molecule has 0 radical (unpaired) electrons. The van der Waals surface area contributed by atoms with Gasteiger partial charge in [0.25, 0.3) is 11.8 Å². The molecule has 0 aromatic heterocycles. The molecule has 7 heteroatoms. The molecule has 5 rings (SSSR count). The zero-order valence-electron chi connectivity index (χ0n) is 21.2.